The molecule has 1 saturated heterocycles. The molecule has 0 saturated carbocycles. The largest absolute Gasteiger partial charge is 0.371 e. The fourth-order valence-corrected chi connectivity index (χ4v) is 2.37. The Balaban J connectivity index is 2.20. The number of carbonyl (C=O) groups is 1. The highest BCUT2D eigenvalue weighted by atomic mass is 19.1. The molecule has 1 aliphatic heterocycles. The van der Waals surface area contributed by atoms with Gasteiger partial charge in [-0.05, 0) is 43.4 Å². The minimum atomic E-state index is -0.332. The first-order valence-corrected chi connectivity index (χ1v) is 6.20. The van der Waals surface area contributed by atoms with E-state index in [1.54, 1.807) is 6.07 Å². The molecule has 0 aliphatic carbocycles. The van der Waals surface area contributed by atoms with Crippen molar-refractivity contribution in [1.29, 1.82) is 0 Å². The Labute approximate surface area is 101 Å². The molecule has 17 heavy (non-hydrogen) atoms. The maximum absolute atomic E-state index is 13.4. The van der Waals surface area contributed by atoms with Crippen LogP contribution in [0.15, 0.2) is 18.2 Å². The van der Waals surface area contributed by atoms with Crippen molar-refractivity contribution in [3.05, 3.63) is 29.6 Å². The van der Waals surface area contributed by atoms with Crippen LogP contribution in [0.5, 0.6) is 0 Å². The molecule has 92 valence electrons. The molecular weight excluding hydrogens is 217 g/mol. The average Bonchev–Trinajstić information content (AvgIpc) is 2.53. The van der Waals surface area contributed by atoms with Crippen molar-refractivity contribution in [3.8, 4) is 0 Å². The van der Waals surface area contributed by atoms with Crippen molar-refractivity contribution in [1.82, 2.24) is 0 Å². The highest BCUT2D eigenvalue weighted by Gasteiger charge is 2.15. The molecule has 1 aromatic carbocycles. The number of benzene rings is 1. The van der Waals surface area contributed by atoms with Gasteiger partial charge in [-0.15, -0.1) is 0 Å². The van der Waals surface area contributed by atoms with Crippen molar-refractivity contribution in [2.75, 3.05) is 18.0 Å². The van der Waals surface area contributed by atoms with E-state index in [4.69, 9.17) is 0 Å². The molecule has 1 aromatic rings. The molecule has 1 aliphatic rings. The molecule has 0 amide bonds. The number of carbonyl (C=O) groups excluding carboxylic acids is 1. The minimum absolute atomic E-state index is 0.332. The van der Waals surface area contributed by atoms with E-state index in [-0.39, 0.29) is 5.82 Å². The van der Waals surface area contributed by atoms with Crippen LogP contribution in [0.1, 0.15) is 36.5 Å². The Morgan fingerprint density at radius 2 is 2.12 bits per heavy atom. The number of hydrogen-bond donors (Lipinski definition) is 0. The zero-order valence-electron chi connectivity index (χ0n) is 10.2. The van der Waals surface area contributed by atoms with E-state index < -0.39 is 0 Å². The van der Waals surface area contributed by atoms with Crippen LogP contribution in [-0.4, -0.2) is 19.4 Å². The van der Waals surface area contributed by atoms with Crippen LogP contribution in [0, 0.1) is 11.7 Å². The Hall–Kier alpha value is -1.38. The second-order valence-corrected chi connectivity index (χ2v) is 4.88. The molecule has 1 heterocycles. The monoisotopic (exact) mass is 235 g/mol. The summed E-state index contributed by atoms with van der Waals surface area (Å²) in [7, 11) is 0. The van der Waals surface area contributed by atoms with Crippen LogP contribution in [0.3, 0.4) is 0 Å². The topological polar surface area (TPSA) is 20.3 Å². The zero-order valence-corrected chi connectivity index (χ0v) is 10.2. The fourth-order valence-electron chi connectivity index (χ4n) is 2.37. The third-order valence-corrected chi connectivity index (χ3v) is 3.42. The van der Waals surface area contributed by atoms with E-state index >= 15 is 0 Å². The first kappa shape index (κ1) is 12.1. The van der Waals surface area contributed by atoms with Crippen LogP contribution >= 0.6 is 0 Å². The molecule has 3 heteroatoms. The van der Waals surface area contributed by atoms with Gasteiger partial charge in [0.2, 0.25) is 0 Å². The summed E-state index contributed by atoms with van der Waals surface area (Å²) in [5, 5.41) is 0. The van der Waals surface area contributed by atoms with Gasteiger partial charge in [0.15, 0.2) is 0 Å². The lowest BCUT2D eigenvalue weighted by atomic mass is 10.0. The third-order valence-electron chi connectivity index (χ3n) is 3.42. The fraction of sp³-hybridized carbons (Fsp3) is 0.500. The lowest BCUT2D eigenvalue weighted by molar-refractivity contribution is 0.112. The molecule has 1 unspecified atom stereocenters. The Bertz CT molecular complexity index is 405. The van der Waals surface area contributed by atoms with Crippen molar-refractivity contribution >= 4 is 12.0 Å². The maximum atomic E-state index is 13.4. The molecule has 2 nitrogen and oxygen atoms in total. The van der Waals surface area contributed by atoms with Gasteiger partial charge in [-0.3, -0.25) is 4.79 Å². The van der Waals surface area contributed by atoms with Crippen molar-refractivity contribution in [3.63, 3.8) is 0 Å². The summed E-state index contributed by atoms with van der Waals surface area (Å²) < 4.78 is 13.4. The standard InChI is InChI=1S/C14H18FNO/c1-11-3-2-5-16(6-4-11)14-8-12(10-17)7-13(15)9-14/h7-11H,2-6H2,1H3. The first-order chi connectivity index (χ1) is 8.19. The van der Waals surface area contributed by atoms with Gasteiger partial charge in [0.25, 0.3) is 0 Å². The Morgan fingerprint density at radius 1 is 1.29 bits per heavy atom. The summed E-state index contributed by atoms with van der Waals surface area (Å²) in [5.74, 6) is 0.404. The lowest BCUT2D eigenvalue weighted by Crippen LogP contribution is -2.24. The van der Waals surface area contributed by atoms with E-state index in [9.17, 15) is 9.18 Å². The molecule has 0 aromatic heterocycles. The Morgan fingerprint density at radius 3 is 2.88 bits per heavy atom. The molecule has 1 atom stereocenters. The van der Waals surface area contributed by atoms with Gasteiger partial charge in [0.05, 0.1) is 0 Å². The van der Waals surface area contributed by atoms with Crippen molar-refractivity contribution < 1.29 is 9.18 Å². The van der Waals surface area contributed by atoms with E-state index in [0.29, 0.717) is 11.8 Å². The van der Waals surface area contributed by atoms with E-state index in [2.05, 4.69) is 11.8 Å². The van der Waals surface area contributed by atoms with Gasteiger partial charge in [-0.25, -0.2) is 4.39 Å². The highest BCUT2D eigenvalue weighted by Crippen LogP contribution is 2.23. The lowest BCUT2D eigenvalue weighted by Gasteiger charge is -2.23. The molecule has 0 spiro atoms. The number of aldehydes is 1. The van der Waals surface area contributed by atoms with Gasteiger partial charge in [-0.2, -0.15) is 0 Å². The number of nitrogens with zero attached hydrogens (tertiary/aromatic N) is 1. The van der Waals surface area contributed by atoms with Crippen LogP contribution in [-0.2, 0) is 0 Å². The summed E-state index contributed by atoms with van der Waals surface area (Å²) in [6, 6.07) is 4.56. The summed E-state index contributed by atoms with van der Waals surface area (Å²) in [5.41, 5.74) is 1.25. The minimum Gasteiger partial charge on any atom is -0.371 e. The highest BCUT2D eigenvalue weighted by molar-refractivity contribution is 5.77. The maximum Gasteiger partial charge on any atom is 0.150 e. The van der Waals surface area contributed by atoms with E-state index in [0.717, 1.165) is 37.5 Å². The van der Waals surface area contributed by atoms with E-state index in [1.807, 2.05) is 0 Å². The number of halogens is 1. The van der Waals surface area contributed by atoms with Gasteiger partial charge in [0.1, 0.15) is 12.1 Å². The number of anilines is 1. The molecule has 0 bridgehead atoms. The number of rotatable bonds is 2. The van der Waals surface area contributed by atoms with Gasteiger partial charge >= 0.3 is 0 Å². The van der Waals surface area contributed by atoms with Gasteiger partial charge < -0.3 is 4.90 Å². The van der Waals surface area contributed by atoms with Gasteiger partial charge in [0, 0.05) is 24.3 Å². The predicted molar refractivity (Wildman–Crippen MR) is 67.0 cm³/mol. The third kappa shape index (κ3) is 3.05. The SMILES string of the molecule is CC1CCCN(c2cc(F)cc(C=O)c2)CC1. The average molecular weight is 235 g/mol. The van der Waals surface area contributed by atoms with Crippen molar-refractivity contribution in [2.45, 2.75) is 26.2 Å². The molecule has 0 radical (unpaired) electrons. The van der Waals surface area contributed by atoms with Crippen LogP contribution < -0.4 is 4.90 Å². The quantitative estimate of drug-likeness (QED) is 0.733. The predicted octanol–water partition coefficient (Wildman–Crippen LogP) is 3.26. The van der Waals surface area contributed by atoms with Crippen LogP contribution in [0.4, 0.5) is 10.1 Å². The Kier molecular flexibility index (Phi) is 3.77. The van der Waals surface area contributed by atoms with Crippen LogP contribution in [0.25, 0.3) is 0 Å². The van der Waals surface area contributed by atoms with Gasteiger partial charge in [-0.1, -0.05) is 6.92 Å². The normalized spacial score (nSPS) is 21.1. The second-order valence-electron chi connectivity index (χ2n) is 4.88. The van der Waals surface area contributed by atoms with Crippen molar-refractivity contribution in [2.24, 2.45) is 5.92 Å². The second kappa shape index (κ2) is 5.30. The van der Waals surface area contributed by atoms with Crippen LogP contribution in [0.2, 0.25) is 0 Å². The molecular formula is C14H18FNO. The summed E-state index contributed by atoms with van der Waals surface area (Å²) in [4.78, 5) is 12.9. The van der Waals surface area contributed by atoms with E-state index in [1.165, 1.54) is 18.6 Å². The molecule has 1 fully saturated rings. The smallest absolute Gasteiger partial charge is 0.150 e. The first-order valence-electron chi connectivity index (χ1n) is 6.20. The zero-order chi connectivity index (χ0) is 12.3. The number of hydrogen-bond acceptors (Lipinski definition) is 2. The molecule has 0 N–H and O–H groups in total. The summed E-state index contributed by atoms with van der Waals surface area (Å²) >= 11 is 0. The molecule has 2 rings (SSSR count). The summed E-state index contributed by atoms with van der Waals surface area (Å²) in [6.45, 7) is 4.15. The summed E-state index contributed by atoms with van der Waals surface area (Å²) in [6.07, 6.45) is 4.19.